The minimum Gasteiger partial charge on any atom is -0.356 e. The number of primary sulfonamides is 1. The van der Waals surface area contributed by atoms with Gasteiger partial charge in [0.1, 0.15) is 10.5 Å². The number of nitrogens with two attached hydrogens (primary N) is 1. The molecule has 0 aliphatic rings. The second kappa shape index (κ2) is 13.2. The van der Waals surface area contributed by atoms with Crippen LogP contribution in [0.1, 0.15) is 18.4 Å². The Hall–Kier alpha value is -3.59. The topological polar surface area (TPSA) is 153 Å². The number of thioether (sulfide) groups is 1. The quantitative estimate of drug-likeness (QED) is 0.166. The third kappa shape index (κ3) is 7.97. The molecule has 0 saturated carbocycles. The smallest absolute Gasteiger partial charge is 0.272 e. The highest BCUT2D eigenvalue weighted by molar-refractivity contribution is 7.99. The molecule has 0 fully saturated rings. The molecular formula is C26H26FN5O5S3. The highest BCUT2D eigenvalue weighted by Crippen LogP contribution is 2.22. The Bertz CT molecular complexity index is 1670. The number of benzene rings is 2. The lowest BCUT2D eigenvalue weighted by molar-refractivity contribution is -0.121. The molecule has 0 spiro atoms. The molecule has 0 aliphatic carbocycles. The predicted octanol–water partition coefficient (Wildman–Crippen LogP) is 3.11. The number of anilines is 1. The average Bonchev–Trinajstić information content (AvgIpc) is 3.39. The van der Waals surface area contributed by atoms with E-state index in [1.54, 1.807) is 23.6 Å². The highest BCUT2D eigenvalue weighted by Gasteiger charge is 2.15. The monoisotopic (exact) mass is 603 g/mol. The van der Waals surface area contributed by atoms with Crippen LogP contribution in [0.2, 0.25) is 0 Å². The molecule has 210 valence electrons. The van der Waals surface area contributed by atoms with Crippen LogP contribution in [-0.2, 0) is 32.6 Å². The van der Waals surface area contributed by atoms with Gasteiger partial charge in [-0.15, -0.1) is 11.3 Å². The Morgan fingerprint density at radius 1 is 1.05 bits per heavy atom. The van der Waals surface area contributed by atoms with Crippen LogP contribution < -0.4 is 21.3 Å². The number of aromatic nitrogens is 2. The van der Waals surface area contributed by atoms with Gasteiger partial charge in [-0.2, -0.15) is 0 Å². The lowest BCUT2D eigenvalue weighted by Crippen LogP contribution is -2.27. The van der Waals surface area contributed by atoms with Crippen molar-refractivity contribution in [3.05, 3.63) is 81.7 Å². The van der Waals surface area contributed by atoms with Gasteiger partial charge in [0, 0.05) is 25.2 Å². The normalized spacial score (nSPS) is 11.4. The summed E-state index contributed by atoms with van der Waals surface area (Å²) in [5.41, 5.74) is 1.61. The maximum atomic E-state index is 13.1. The molecule has 0 radical (unpaired) electrons. The van der Waals surface area contributed by atoms with Crippen molar-refractivity contribution in [3.63, 3.8) is 0 Å². The number of fused-ring (bicyclic) bond motifs is 1. The molecule has 14 heteroatoms. The third-order valence-electron chi connectivity index (χ3n) is 5.76. The molecule has 2 aromatic heterocycles. The van der Waals surface area contributed by atoms with E-state index in [2.05, 4.69) is 15.6 Å². The summed E-state index contributed by atoms with van der Waals surface area (Å²) in [6.45, 7) is 0.602. The zero-order chi connectivity index (χ0) is 28.7. The van der Waals surface area contributed by atoms with Gasteiger partial charge in [-0.05, 0) is 66.2 Å². The van der Waals surface area contributed by atoms with E-state index in [1.165, 1.54) is 52.3 Å². The molecule has 4 N–H and O–H groups in total. The number of nitrogens with one attached hydrogen (secondary N) is 2. The van der Waals surface area contributed by atoms with E-state index in [4.69, 9.17) is 5.14 Å². The molecule has 0 aliphatic heterocycles. The Morgan fingerprint density at radius 2 is 1.77 bits per heavy atom. The van der Waals surface area contributed by atoms with E-state index in [0.717, 1.165) is 17.3 Å². The van der Waals surface area contributed by atoms with Crippen molar-refractivity contribution in [2.75, 3.05) is 17.6 Å². The molecule has 40 heavy (non-hydrogen) atoms. The van der Waals surface area contributed by atoms with Crippen molar-refractivity contribution in [1.82, 2.24) is 14.9 Å². The lowest BCUT2D eigenvalue weighted by Gasteiger charge is -2.12. The summed E-state index contributed by atoms with van der Waals surface area (Å²) in [4.78, 5) is 42.5. The fourth-order valence-corrected chi connectivity index (χ4v) is 5.89. The largest absolute Gasteiger partial charge is 0.356 e. The van der Waals surface area contributed by atoms with Crippen molar-refractivity contribution >= 4 is 60.8 Å². The van der Waals surface area contributed by atoms with Crippen LogP contribution in [0, 0.1) is 5.82 Å². The van der Waals surface area contributed by atoms with Gasteiger partial charge in [-0.3, -0.25) is 19.0 Å². The van der Waals surface area contributed by atoms with E-state index in [0.29, 0.717) is 40.4 Å². The maximum absolute atomic E-state index is 13.1. The van der Waals surface area contributed by atoms with Gasteiger partial charge in [0.05, 0.1) is 16.2 Å². The van der Waals surface area contributed by atoms with Gasteiger partial charge in [-0.1, -0.05) is 23.9 Å². The summed E-state index contributed by atoms with van der Waals surface area (Å²) in [5.74, 6) is -0.942. The minimum atomic E-state index is -3.75. The average molecular weight is 604 g/mol. The lowest BCUT2D eigenvalue weighted by atomic mass is 10.1. The van der Waals surface area contributed by atoms with Crippen molar-refractivity contribution < 1.29 is 22.4 Å². The molecule has 10 nitrogen and oxygen atoms in total. The second-order valence-electron chi connectivity index (χ2n) is 8.72. The zero-order valence-electron chi connectivity index (χ0n) is 21.1. The molecule has 0 unspecified atom stereocenters. The fraction of sp³-hybridized carbons (Fsp3) is 0.231. The van der Waals surface area contributed by atoms with Crippen LogP contribution in [0.5, 0.6) is 0 Å². The molecule has 0 saturated heterocycles. The van der Waals surface area contributed by atoms with Crippen LogP contribution in [0.3, 0.4) is 0 Å². The zero-order valence-corrected chi connectivity index (χ0v) is 23.6. The molecule has 4 aromatic rings. The van der Waals surface area contributed by atoms with Crippen molar-refractivity contribution in [3.8, 4) is 0 Å². The van der Waals surface area contributed by atoms with Crippen molar-refractivity contribution in [1.29, 1.82) is 0 Å². The Labute approximate surface area is 237 Å². The third-order valence-corrected chi connectivity index (χ3v) is 8.56. The number of thiophene rings is 1. The first-order chi connectivity index (χ1) is 19.1. The molecule has 2 heterocycles. The summed E-state index contributed by atoms with van der Waals surface area (Å²) in [6, 6.07) is 13.3. The van der Waals surface area contributed by atoms with Gasteiger partial charge in [0.25, 0.3) is 5.56 Å². The highest BCUT2D eigenvalue weighted by atomic mass is 32.2. The number of nitrogens with zero attached hydrogens (tertiary/aromatic N) is 2. The maximum Gasteiger partial charge on any atom is 0.272 e. The van der Waals surface area contributed by atoms with Crippen LogP contribution in [0.25, 0.3) is 10.2 Å². The summed E-state index contributed by atoms with van der Waals surface area (Å²) in [5, 5.41) is 12.7. The van der Waals surface area contributed by atoms with E-state index < -0.39 is 15.8 Å². The van der Waals surface area contributed by atoms with E-state index in [-0.39, 0.29) is 41.0 Å². The Balaban J connectivity index is 1.31. The molecule has 0 atom stereocenters. The van der Waals surface area contributed by atoms with Gasteiger partial charge < -0.3 is 10.6 Å². The van der Waals surface area contributed by atoms with Gasteiger partial charge >= 0.3 is 0 Å². The molecule has 0 bridgehead atoms. The van der Waals surface area contributed by atoms with Crippen LogP contribution in [-0.4, -0.2) is 42.1 Å². The van der Waals surface area contributed by atoms with E-state index >= 15 is 0 Å². The van der Waals surface area contributed by atoms with E-state index in [9.17, 15) is 27.2 Å². The van der Waals surface area contributed by atoms with Crippen LogP contribution >= 0.6 is 23.1 Å². The summed E-state index contributed by atoms with van der Waals surface area (Å²) in [6.07, 6.45) is 1.06. The van der Waals surface area contributed by atoms with Crippen molar-refractivity contribution in [2.45, 2.75) is 35.9 Å². The first-order valence-electron chi connectivity index (χ1n) is 12.1. The number of hydrogen-bond acceptors (Lipinski definition) is 8. The summed E-state index contributed by atoms with van der Waals surface area (Å²) >= 11 is 2.39. The molecular weight excluding hydrogens is 578 g/mol. The number of amides is 2. The minimum absolute atomic E-state index is 0.0157. The number of hydrogen-bond donors (Lipinski definition) is 3. The Morgan fingerprint density at radius 3 is 2.48 bits per heavy atom. The second-order valence-corrected chi connectivity index (χ2v) is 12.1. The van der Waals surface area contributed by atoms with Gasteiger partial charge in [-0.25, -0.2) is 22.9 Å². The number of sulfonamides is 1. The van der Waals surface area contributed by atoms with Gasteiger partial charge in [0.15, 0.2) is 5.16 Å². The SMILES string of the molecule is NS(=O)(=O)c1ccc(CCNC(=O)CCCn2c(SCC(=O)Nc3ccc(F)cc3)nc3ccsc3c2=O)cc1. The number of halogens is 1. The summed E-state index contributed by atoms with van der Waals surface area (Å²) < 4.78 is 37.8. The predicted molar refractivity (Wildman–Crippen MR) is 153 cm³/mol. The van der Waals surface area contributed by atoms with Crippen LogP contribution in [0.4, 0.5) is 10.1 Å². The van der Waals surface area contributed by atoms with Gasteiger partial charge in [0.2, 0.25) is 21.8 Å². The van der Waals surface area contributed by atoms with Crippen molar-refractivity contribution in [2.24, 2.45) is 5.14 Å². The Kier molecular flexibility index (Phi) is 9.68. The number of carbonyl (C=O) groups excluding carboxylic acids is 2. The van der Waals surface area contributed by atoms with E-state index in [1.807, 2.05) is 0 Å². The molecule has 2 aromatic carbocycles. The summed E-state index contributed by atoms with van der Waals surface area (Å²) in [7, 11) is -3.75. The number of rotatable bonds is 12. The first-order valence-corrected chi connectivity index (χ1v) is 15.6. The molecule has 4 rings (SSSR count). The fourth-order valence-electron chi connectivity index (χ4n) is 3.77. The standard InChI is InChI=1S/C26H26FN5O5S3/c27-18-5-7-19(8-6-18)30-23(34)16-39-26-31-21-12-15-38-24(21)25(35)32(26)14-1-2-22(33)29-13-11-17-3-9-20(10-4-17)40(28,36)37/h3-10,12,15H,1-2,11,13-14,16H2,(H,29,33)(H,30,34)(H2,28,36,37). The first kappa shape index (κ1) is 29.4. The number of carbonyl (C=O) groups is 2. The van der Waals surface area contributed by atoms with Crippen LogP contribution in [0.15, 0.2) is 74.8 Å². The molecule has 2 amide bonds.